The molecule has 0 atom stereocenters. The van der Waals surface area contributed by atoms with Crippen LogP contribution >= 0.6 is 0 Å². The molecule has 2 heteroatoms. The SMILES string of the molecule is C.NCc1ccc(OC2=CCCC=C2)cc1. The molecule has 86 valence electrons. The molecule has 0 fully saturated rings. The molecule has 0 heterocycles. The molecule has 0 radical (unpaired) electrons. The fraction of sp³-hybridized carbons (Fsp3) is 0.286. The number of nitrogens with two attached hydrogens (primary N) is 1. The van der Waals surface area contributed by atoms with Crippen molar-refractivity contribution in [2.75, 3.05) is 0 Å². The summed E-state index contributed by atoms with van der Waals surface area (Å²) in [5.74, 6) is 1.80. The molecule has 1 aliphatic carbocycles. The third kappa shape index (κ3) is 3.24. The Bertz CT molecular complexity index is 376. The van der Waals surface area contributed by atoms with Crippen molar-refractivity contribution in [2.24, 2.45) is 5.73 Å². The zero-order chi connectivity index (χ0) is 10.5. The Morgan fingerprint density at radius 1 is 1.12 bits per heavy atom. The Morgan fingerprint density at radius 2 is 1.88 bits per heavy atom. The number of ether oxygens (including phenoxy) is 1. The van der Waals surface area contributed by atoms with Gasteiger partial charge in [0.1, 0.15) is 11.5 Å². The zero-order valence-electron chi connectivity index (χ0n) is 8.65. The van der Waals surface area contributed by atoms with Gasteiger partial charge in [0, 0.05) is 6.54 Å². The maximum Gasteiger partial charge on any atom is 0.127 e. The Hall–Kier alpha value is -1.54. The van der Waals surface area contributed by atoms with E-state index in [9.17, 15) is 0 Å². The van der Waals surface area contributed by atoms with Crippen LogP contribution in [0.15, 0.2) is 48.3 Å². The van der Waals surface area contributed by atoms with Crippen LogP contribution in [0, 0.1) is 0 Å². The van der Waals surface area contributed by atoms with Gasteiger partial charge in [-0.05, 0) is 42.7 Å². The maximum absolute atomic E-state index is 5.69. The van der Waals surface area contributed by atoms with Crippen molar-refractivity contribution in [2.45, 2.75) is 26.8 Å². The minimum absolute atomic E-state index is 0. The zero-order valence-corrected chi connectivity index (χ0v) is 8.65. The lowest BCUT2D eigenvalue weighted by molar-refractivity contribution is 0.439. The number of benzene rings is 1. The van der Waals surface area contributed by atoms with Crippen LogP contribution in [0.2, 0.25) is 0 Å². The average Bonchev–Trinajstić information content (AvgIpc) is 2.31. The van der Waals surface area contributed by atoms with Gasteiger partial charge in [0.25, 0.3) is 0 Å². The first-order valence-corrected chi connectivity index (χ1v) is 5.22. The summed E-state index contributed by atoms with van der Waals surface area (Å²) in [6.07, 6.45) is 8.42. The molecule has 0 bridgehead atoms. The predicted molar refractivity (Wildman–Crippen MR) is 68.1 cm³/mol. The van der Waals surface area contributed by atoms with E-state index in [1.807, 2.05) is 30.3 Å². The maximum atomic E-state index is 5.69. The van der Waals surface area contributed by atoms with E-state index in [0.717, 1.165) is 29.9 Å². The second-order valence-electron chi connectivity index (χ2n) is 3.54. The normalized spacial score (nSPS) is 13.9. The van der Waals surface area contributed by atoms with Gasteiger partial charge in [-0.2, -0.15) is 0 Å². The molecular weight excluding hydrogens is 198 g/mol. The van der Waals surface area contributed by atoms with Crippen LogP contribution in [0.5, 0.6) is 5.75 Å². The van der Waals surface area contributed by atoms with E-state index in [1.165, 1.54) is 0 Å². The van der Waals surface area contributed by atoms with Gasteiger partial charge >= 0.3 is 0 Å². The van der Waals surface area contributed by atoms with Crippen molar-refractivity contribution in [1.82, 2.24) is 0 Å². The standard InChI is InChI=1S/C13H15NO.CH4/c14-10-11-6-8-13(9-7-11)15-12-4-2-1-3-5-12;/h2,4-9H,1,3,10,14H2;1H4. The van der Waals surface area contributed by atoms with Gasteiger partial charge in [-0.25, -0.2) is 0 Å². The van der Waals surface area contributed by atoms with E-state index >= 15 is 0 Å². The van der Waals surface area contributed by atoms with Gasteiger partial charge in [-0.3, -0.25) is 0 Å². The Kier molecular flexibility index (Phi) is 4.80. The fourth-order valence-electron chi connectivity index (χ4n) is 1.49. The van der Waals surface area contributed by atoms with E-state index < -0.39 is 0 Å². The summed E-state index contributed by atoms with van der Waals surface area (Å²) in [5, 5.41) is 0. The highest BCUT2D eigenvalue weighted by Gasteiger charge is 2.00. The lowest BCUT2D eigenvalue weighted by Gasteiger charge is -2.09. The highest BCUT2D eigenvalue weighted by atomic mass is 16.5. The number of hydrogen-bond acceptors (Lipinski definition) is 2. The molecule has 2 nitrogen and oxygen atoms in total. The molecule has 0 unspecified atom stereocenters. The van der Waals surface area contributed by atoms with Crippen LogP contribution in [-0.2, 0) is 6.54 Å². The van der Waals surface area contributed by atoms with Gasteiger partial charge in [-0.1, -0.05) is 25.6 Å². The highest BCUT2D eigenvalue weighted by Crippen LogP contribution is 2.18. The topological polar surface area (TPSA) is 35.2 Å². The first kappa shape index (κ1) is 12.5. The molecule has 0 amide bonds. The summed E-state index contributed by atoms with van der Waals surface area (Å²) in [6.45, 7) is 0.572. The average molecular weight is 217 g/mol. The first-order valence-electron chi connectivity index (χ1n) is 5.22. The third-order valence-electron chi connectivity index (χ3n) is 2.36. The number of hydrogen-bond donors (Lipinski definition) is 1. The van der Waals surface area contributed by atoms with Crippen LogP contribution in [0.3, 0.4) is 0 Å². The van der Waals surface area contributed by atoms with Gasteiger partial charge in [0.15, 0.2) is 0 Å². The van der Waals surface area contributed by atoms with Crippen molar-refractivity contribution in [3.8, 4) is 5.75 Å². The van der Waals surface area contributed by atoms with Crippen LogP contribution in [0.1, 0.15) is 25.8 Å². The van der Waals surface area contributed by atoms with Crippen LogP contribution in [-0.4, -0.2) is 0 Å². The molecule has 0 saturated carbocycles. The molecule has 1 aliphatic rings. The molecule has 1 aromatic carbocycles. The highest BCUT2D eigenvalue weighted by molar-refractivity contribution is 5.30. The third-order valence-corrected chi connectivity index (χ3v) is 2.36. The monoisotopic (exact) mass is 217 g/mol. The largest absolute Gasteiger partial charge is 0.458 e. The van der Waals surface area contributed by atoms with Crippen LogP contribution < -0.4 is 10.5 Å². The van der Waals surface area contributed by atoms with E-state index in [1.54, 1.807) is 0 Å². The molecule has 16 heavy (non-hydrogen) atoms. The van der Waals surface area contributed by atoms with E-state index in [2.05, 4.69) is 12.2 Å². The molecule has 1 aromatic rings. The van der Waals surface area contributed by atoms with Crippen LogP contribution in [0.4, 0.5) is 0 Å². The summed E-state index contributed by atoms with van der Waals surface area (Å²) in [7, 11) is 0. The van der Waals surface area contributed by atoms with Crippen LogP contribution in [0.25, 0.3) is 0 Å². The van der Waals surface area contributed by atoms with Crippen molar-refractivity contribution in [3.63, 3.8) is 0 Å². The Labute approximate surface area is 97.4 Å². The Morgan fingerprint density at radius 3 is 2.44 bits per heavy atom. The van der Waals surface area contributed by atoms with Gasteiger partial charge in [-0.15, -0.1) is 0 Å². The lowest BCUT2D eigenvalue weighted by atomic mass is 10.2. The summed E-state index contributed by atoms with van der Waals surface area (Å²) in [4.78, 5) is 0. The minimum Gasteiger partial charge on any atom is -0.458 e. The van der Waals surface area contributed by atoms with E-state index in [-0.39, 0.29) is 7.43 Å². The quantitative estimate of drug-likeness (QED) is 0.842. The molecule has 2 rings (SSSR count). The molecule has 0 saturated heterocycles. The molecule has 0 aromatic heterocycles. The van der Waals surface area contributed by atoms with Crippen molar-refractivity contribution < 1.29 is 4.74 Å². The molecular formula is C14H19NO. The summed E-state index contributed by atoms with van der Waals surface area (Å²) in [5.41, 5.74) is 6.64. The van der Waals surface area contributed by atoms with E-state index in [0.29, 0.717) is 6.54 Å². The lowest BCUT2D eigenvalue weighted by Crippen LogP contribution is -1.97. The second-order valence-corrected chi connectivity index (χ2v) is 3.54. The smallest absolute Gasteiger partial charge is 0.127 e. The van der Waals surface area contributed by atoms with E-state index in [4.69, 9.17) is 10.5 Å². The Balaban J connectivity index is 0.00000128. The molecule has 2 N–H and O–H groups in total. The fourth-order valence-corrected chi connectivity index (χ4v) is 1.49. The first-order chi connectivity index (χ1) is 7.38. The van der Waals surface area contributed by atoms with Crippen molar-refractivity contribution in [3.05, 3.63) is 53.8 Å². The van der Waals surface area contributed by atoms with Crippen molar-refractivity contribution in [1.29, 1.82) is 0 Å². The minimum atomic E-state index is 0. The summed E-state index contributed by atoms with van der Waals surface area (Å²) in [6, 6.07) is 7.88. The molecule has 0 aliphatic heterocycles. The van der Waals surface area contributed by atoms with Crippen molar-refractivity contribution >= 4 is 0 Å². The number of rotatable bonds is 3. The molecule has 0 spiro atoms. The van der Waals surface area contributed by atoms with Gasteiger partial charge in [0.05, 0.1) is 0 Å². The van der Waals surface area contributed by atoms with Gasteiger partial charge < -0.3 is 10.5 Å². The number of allylic oxidation sites excluding steroid dienone is 3. The summed E-state index contributed by atoms with van der Waals surface area (Å²) < 4.78 is 5.69. The second kappa shape index (κ2) is 6.13. The summed E-state index contributed by atoms with van der Waals surface area (Å²) >= 11 is 0. The predicted octanol–water partition coefficient (Wildman–Crippen LogP) is 3.39. The van der Waals surface area contributed by atoms with Gasteiger partial charge in [0.2, 0.25) is 0 Å².